The minimum Gasteiger partial charge on any atom is -0.458 e. The first-order valence-corrected chi connectivity index (χ1v) is 10.0. The molecular formula is C18H25N3O4S. The Bertz CT molecular complexity index is 696. The number of carbonyl (C=O) groups excluding carboxylic acids is 3. The molecule has 1 aliphatic carbocycles. The van der Waals surface area contributed by atoms with Gasteiger partial charge in [0, 0.05) is 12.4 Å². The number of aryl methyl sites for hydroxylation is 1. The largest absolute Gasteiger partial charge is 0.458 e. The van der Waals surface area contributed by atoms with Gasteiger partial charge in [0.25, 0.3) is 5.91 Å². The lowest BCUT2D eigenvalue weighted by Crippen LogP contribution is -2.49. The average Bonchev–Trinajstić information content (AvgIpc) is 3.16. The molecule has 1 aliphatic heterocycles. The molecule has 1 aromatic rings. The van der Waals surface area contributed by atoms with Crippen LogP contribution in [0.2, 0.25) is 0 Å². The highest BCUT2D eigenvalue weighted by Crippen LogP contribution is 2.39. The number of nitrogens with zero attached hydrogens (tertiary/aromatic N) is 3. The molecule has 2 fully saturated rings. The van der Waals surface area contributed by atoms with Crippen LogP contribution in [0.15, 0.2) is 5.38 Å². The van der Waals surface area contributed by atoms with E-state index in [4.69, 9.17) is 4.74 Å². The number of urea groups is 1. The fourth-order valence-electron chi connectivity index (χ4n) is 3.74. The molecular weight excluding hydrogens is 354 g/mol. The summed E-state index contributed by atoms with van der Waals surface area (Å²) >= 11 is 1.55. The van der Waals surface area contributed by atoms with Crippen LogP contribution in [0, 0.1) is 0 Å². The molecule has 2 aliphatic rings. The topological polar surface area (TPSA) is 79.8 Å². The van der Waals surface area contributed by atoms with Crippen LogP contribution in [0.4, 0.5) is 4.79 Å². The SMILES string of the molecule is CCCc1nc(COC(=O)CN2C(=O)N(C)C3(CCCCC3)C2=O)cs1. The second-order valence-corrected chi connectivity index (χ2v) is 7.91. The van der Waals surface area contributed by atoms with E-state index < -0.39 is 17.5 Å². The number of ether oxygens (including phenoxy) is 1. The Kier molecular flexibility index (Phi) is 5.60. The Labute approximate surface area is 157 Å². The minimum atomic E-state index is -0.764. The molecule has 0 N–H and O–H groups in total. The van der Waals surface area contributed by atoms with Crippen molar-refractivity contribution in [1.29, 1.82) is 0 Å². The third-order valence-electron chi connectivity index (χ3n) is 5.22. The Morgan fingerprint density at radius 3 is 2.73 bits per heavy atom. The third kappa shape index (κ3) is 3.47. The molecule has 0 radical (unpaired) electrons. The number of esters is 1. The first kappa shape index (κ1) is 18.8. The monoisotopic (exact) mass is 379 g/mol. The van der Waals surface area contributed by atoms with Gasteiger partial charge in [-0.1, -0.05) is 26.2 Å². The van der Waals surface area contributed by atoms with Gasteiger partial charge in [-0.25, -0.2) is 9.78 Å². The first-order valence-electron chi connectivity index (χ1n) is 9.16. The van der Waals surface area contributed by atoms with Gasteiger partial charge >= 0.3 is 12.0 Å². The van der Waals surface area contributed by atoms with Crippen LogP contribution in [-0.4, -0.2) is 51.8 Å². The van der Waals surface area contributed by atoms with Crippen LogP contribution < -0.4 is 0 Å². The van der Waals surface area contributed by atoms with Gasteiger partial charge in [-0.2, -0.15) is 0 Å². The number of hydrogen-bond donors (Lipinski definition) is 0. The number of aromatic nitrogens is 1. The van der Waals surface area contributed by atoms with Crippen molar-refractivity contribution in [2.75, 3.05) is 13.6 Å². The normalized spacial score (nSPS) is 19.5. The van der Waals surface area contributed by atoms with E-state index in [-0.39, 0.29) is 19.1 Å². The summed E-state index contributed by atoms with van der Waals surface area (Å²) in [7, 11) is 1.65. The van der Waals surface area contributed by atoms with E-state index in [2.05, 4.69) is 11.9 Å². The molecule has 0 aromatic carbocycles. The molecule has 142 valence electrons. The predicted octanol–water partition coefficient (Wildman–Crippen LogP) is 2.74. The van der Waals surface area contributed by atoms with Crippen LogP contribution in [-0.2, 0) is 27.4 Å². The highest BCUT2D eigenvalue weighted by Gasteiger charge is 2.55. The van der Waals surface area contributed by atoms with E-state index in [1.54, 1.807) is 18.4 Å². The second-order valence-electron chi connectivity index (χ2n) is 6.97. The number of amides is 3. The van der Waals surface area contributed by atoms with Gasteiger partial charge in [-0.15, -0.1) is 11.3 Å². The molecule has 26 heavy (non-hydrogen) atoms. The van der Waals surface area contributed by atoms with Crippen LogP contribution in [0.1, 0.15) is 56.2 Å². The Morgan fingerprint density at radius 2 is 2.04 bits per heavy atom. The summed E-state index contributed by atoms with van der Waals surface area (Å²) in [5.41, 5.74) is -0.0636. The van der Waals surface area contributed by atoms with Crippen LogP contribution >= 0.6 is 11.3 Å². The number of hydrogen-bond acceptors (Lipinski definition) is 6. The molecule has 1 spiro atoms. The van der Waals surface area contributed by atoms with E-state index in [1.165, 1.54) is 4.90 Å². The first-order chi connectivity index (χ1) is 12.5. The summed E-state index contributed by atoms with van der Waals surface area (Å²) < 4.78 is 5.23. The summed E-state index contributed by atoms with van der Waals surface area (Å²) in [5, 5.41) is 2.89. The van der Waals surface area contributed by atoms with Crippen molar-refractivity contribution in [2.45, 2.75) is 64.0 Å². The van der Waals surface area contributed by atoms with Crippen molar-refractivity contribution in [3.8, 4) is 0 Å². The summed E-state index contributed by atoms with van der Waals surface area (Å²) in [6.45, 7) is 1.81. The number of rotatable bonds is 6. The Morgan fingerprint density at radius 1 is 1.31 bits per heavy atom. The van der Waals surface area contributed by atoms with Crippen molar-refractivity contribution in [2.24, 2.45) is 0 Å². The highest BCUT2D eigenvalue weighted by atomic mass is 32.1. The zero-order chi connectivity index (χ0) is 18.7. The smallest absolute Gasteiger partial charge is 0.327 e. The second kappa shape index (κ2) is 7.73. The molecule has 0 unspecified atom stereocenters. The third-order valence-corrected chi connectivity index (χ3v) is 6.17. The molecule has 0 atom stereocenters. The number of imide groups is 1. The summed E-state index contributed by atoms with van der Waals surface area (Å²) in [6, 6.07) is -0.409. The van der Waals surface area contributed by atoms with Crippen molar-refractivity contribution >= 4 is 29.2 Å². The summed E-state index contributed by atoms with van der Waals surface area (Å²) in [6.07, 6.45) is 6.17. The lowest BCUT2D eigenvalue weighted by atomic mass is 9.81. The van der Waals surface area contributed by atoms with Crippen LogP contribution in [0.5, 0.6) is 0 Å². The van der Waals surface area contributed by atoms with Gasteiger partial charge in [-0.3, -0.25) is 14.5 Å². The molecule has 8 heteroatoms. The maximum absolute atomic E-state index is 12.8. The molecule has 3 amide bonds. The maximum atomic E-state index is 12.8. The predicted molar refractivity (Wildman–Crippen MR) is 96.6 cm³/mol. The van der Waals surface area contributed by atoms with Crippen molar-refractivity contribution in [3.05, 3.63) is 16.1 Å². The van der Waals surface area contributed by atoms with E-state index in [0.717, 1.165) is 42.0 Å². The molecule has 1 aromatic heterocycles. The molecule has 1 saturated heterocycles. The number of thiazole rings is 1. The highest BCUT2D eigenvalue weighted by molar-refractivity contribution is 7.09. The van der Waals surface area contributed by atoms with Crippen molar-refractivity contribution in [1.82, 2.24) is 14.8 Å². The molecule has 1 saturated carbocycles. The quantitative estimate of drug-likeness (QED) is 0.561. The van der Waals surface area contributed by atoms with Gasteiger partial charge in [0.15, 0.2) is 0 Å². The summed E-state index contributed by atoms with van der Waals surface area (Å²) in [4.78, 5) is 44.4. The lowest BCUT2D eigenvalue weighted by molar-refractivity contribution is -0.149. The Hall–Kier alpha value is -1.96. The fourth-order valence-corrected chi connectivity index (χ4v) is 4.63. The van der Waals surface area contributed by atoms with Crippen LogP contribution in [0.25, 0.3) is 0 Å². The standard InChI is InChI=1S/C18H25N3O4S/c1-3-7-14-19-13(12-26-14)11-25-15(22)10-21-16(23)18(20(2)17(21)24)8-5-4-6-9-18/h12H,3-11H2,1-2H3. The van der Waals surface area contributed by atoms with Gasteiger partial charge in [0.05, 0.1) is 10.7 Å². The lowest BCUT2D eigenvalue weighted by Gasteiger charge is -2.35. The number of likely N-dealkylation sites (N-methyl/N-ethyl adjacent to an activating group) is 1. The number of carbonyl (C=O) groups is 3. The van der Waals surface area contributed by atoms with Gasteiger partial charge in [0.1, 0.15) is 18.7 Å². The fraction of sp³-hybridized carbons (Fsp3) is 0.667. The molecule has 2 heterocycles. The van der Waals surface area contributed by atoms with E-state index >= 15 is 0 Å². The molecule has 0 bridgehead atoms. The van der Waals surface area contributed by atoms with Gasteiger partial charge in [0.2, 0.25) is 0 Å². The molecule has 7 nitrogen and oxygen atoms in total. The summed E-state index contributed by atoms with van der Waals surface area (Å²) in [5.74, 6) is -0.849. The maximum Gasteiger partial charge on any atom is 0.327 e. The van der Waals surface area contributed by atoms with Crippen molar-refractivity contribution < 1.29 is 19.1 Å². The zero-order valence-electron chi connectivity index (χ0n) is 15.3. The van der Waals surface area contributed by atoms with Crippen LogP contribution in [0.3, 0.4) is 0 Å². The molecule has 3 rings (SSSR count). The van der Waals surface area contributed by atoms with Gasteiger partial charge < -0.3 is 9.64 Å². The average molecular weight is 379 g/mol. The van der Waals surface area contributed by atoms with Crippen molar-refractivity contribution in [3.63, 3.8) is 0 Å². The van der Waals surface area contributed by atoms with E-state index in [9.17, 15) is 14.4 Å². The zero-order valence-corrected chi connectivity index (χ0v) is 16.1. The van der Waals surface area contributed by atoms with E-state index in [0.29, 0.717) is 18.5 Å². The van der Waals surface area contributed by atoms with Gasteiger partial charge in [-0.05, 0) is 25.7 Å². The minimum absolute atomic E-state index is 0.0657. The van der Waals surface area contributed by atoms with E-state index in [1.807, 2.05) is 5.38 Å². The Balaban J connectivity index is 1.58.